The Kier molecular flexibility index (Phi) is 4.76. The van der Waals surface area contributed by atoms with Gasteiger partial charge in [-0.1, -0.05) is 17.7 Å². The highest BCUT2D eigenvalue weighted by Crippen LogP contribution is 2.33. The number of aryl methyl sites for hydroxylation is 2. The first-order chi connectivity index (χ1) is 9.96. The van der Waals surface area contributed by atoms with E-state index in [0.717, 1.165) is 22.3 Å². The van der Waals surface area contributed by atoms with Gasteiger partial charge in [-0.3, -0.25) is 0 Å². The molecule has 112 valence electrons. The summed E-state index contributed by atoms with van der Waals surface area (Å²) >= 11 is 6.11. The van der Waals surface area contributed by atoms with Crippen LogP contribution in [0.2, 0.25) is 5.02 Å². The van der Waals surface area contributed by atoms with Crippen LogP contribution in [0.4, 0.5) is 0 Å². The molecule has 0 heterocycles. The maximum absolute atomic E-state index is 10.7. The number of ether oxygens (including phenoxy) is 2. The smallest absolute Gasteiger partial charge is 0.122 e. The predicted molar refractivity (Wildman–Crippen MR) is 84.5 cm³/mol. The van der Waals surface area contributed by atoms with Crippen LogP contribution in [0.5, 0.6) is 11.5 Å². The van der Waals surface area contributed by atoms with Crippen LogP contribution in [-0.2, 0) is 0 Å². The fourth-order valence-electron chi connectivity index (χ4n) is 2.26. The van der Waals surface area contributed by atoms with E-state index in [1.165, 1.54) is 0 Å². The Balaban J connectivity index is 2.49. The highest BCUT2D eigenvalue weighted by atomic mass is 35.5. The molecule has 0 spiro atoms. The van der Waals surface area contributed by atoms with Crippen molar-refractivity contribution >= 4 is 11.6 Å². The average Bonchev–Trinajstić information content (AvgIpc) is 2.49. The minimum absolute atomic E-state index is 0.645. The van der Waals surface area contributed by atoms with E-state index in [9.17, 15) is 5.11 Å². The van der Waals surface area contributed by atoms with Gasteiger partial charge in [0.2, 0.25) is 0 Å². The molecule has 0 saturated heterocycles. The first kappa shape index (κ1) is 15.7. The number of benzene rings is 2. The lowest BCUT2D eigenvalue weighted by Crippen LogP contribution is -2.04. The zero-order valence-corrected chi connectivity index (χ0v) is 13.4. The standard InChI is InChI=1S/C17H19ClO3/c1-10-6-16(18)11(2)5-15(10)17(19)12-7-13(20-3)9-14(8-12)21-4/h5-9,17,19H,1-4H3. The van der Waals surface area contributed by atoms with Gasteiger partial charge in [0.15, 0.2) is 0 Å². The van der Waals surface area contributed by atoms with E-state index in [0.29, 0.717) is 16.5 Å². The van der Waals surface area contributed by atoms with Crippen LogP contribution in [-0.4, -0.2) is 19.3 Å². The Hall–Kier alpha value is -1.71. The third kappa shape index (κ3) is 3.31. The van der Waals surface area contributed by atoms with Crippen molar-refractivity contribution in [3.63, 3.8) is 0 Å². The van der Waals surface area contributed by atoms with E-state index >= 15 is 0 Å². The molecule has 1 N–H and O–H groups in total. The van der Waals surface area contributed by atoms with Crippen molar-refractivity contribution in [1.82, 2.24) is 0 Å². The highest BCUT2D eigenvalue weighted by molar-refractivity contribution is 6.31. The normalized spacial score (nSPS) is 12.1. The fraction of sp³-hybridized carbons (Fsp3) is 0.294. The number of methoxy groups -OCH3 is 2. The van der Waals surface area contributed by atoms with Crippen molar-refractivity contribution in [2.75, 3.05) is 14.2 Å². The van der Waals surface area contributed by atoms with Crippen molar-refractivity contribution < 1.29 is 14.6 Å². The van der Waals surface area contributed by atoms with E-state index in [1.54, 1.807) is 32.4 Å². The van der Waals surface area contributed by atoms with E-state index in [1.807, 2.05) is 26.0 Å². The molecule has 0 radical (unpaired) electrons. The molecule has 2 aromatic carbocycles. The van der Waals surface area contributed by atoms with Crippen LogP contribution in [0.1, 0.15) is 28.4 Å². The second-order valence-corrected chi connectivity index (χ2v) is 5.41. The zero-order valence-electron chi connectivity index (χ0n) is 12.6. The quantitative estimate of drug-likeness (QED) is 0.926. The van der Waals surface area contributed by atoms with Crippen LogP contribution in [0, 0.1) is 13.8 Å². The van der Waals surface area contributed by atoms with Gasteiger partial charge in [-0.05, 0) is 54.3 Å². The van der Waals surface area contributed by atoms with E-state index in [4.69, 9.17) is 21.1 Å². The molecule has 2 aromatic rings. The predicted octanol–water partition coefficient (Wildman–Crippen LogP) is 4.06. The van der Waals surface area contributed by atoms with Crippen molar-refractivity contribution in [3.8, 4) is 11.5 Å². The Labute approximate surface area is 130 Å². The van der Waals surface area contributed by atoms with Gasteiger partial charge in [-0.2, -0.15) is 0 Å². The molecule has 3 nitrogen and oxygen atoms in total. The Morgan fingerprint density at radius 3 is 2.00 bits per heavy atom. The summed E-state index contributed by atoms with van der Waals surface area (Å²) in [6.45, 7) is 3.85. The molecule has 0 aliphatic rings. The largest absolute Gasteiger partial charge is 0.497 e. The van der Waals surface area contributed by atoms with E-state index < -0.39 is 6.10 Å². The lowest BCUT2D eigenvalue weighted by molar-refractivity contribution is 0.218. The van der Waals surface area contributed by atoms with Gasteiger partial charge in [-0.25, -0.2) is 0 Å². The number of hydrogen-bond donors (Lipinski definition) is 1. The minimum atomic E-state index is -0.759. The van der Waals surface area contributed by atoms with E-state index in [2.05, 4.69) is 0 Å². The molecule has 4 heteroatoms. The number of rotatable bonds is 4. The van der Waals surface area contributed by atoms with Gasteiger partial charge >= 0.3 is 0 Å². The lowest BCUT2D eigenvalue weighted by Gasteiger charge is -2.17. The first-order valence-corrected chi connectivity index (χ1v) is 7.01. The summed E-state index contributed by atoms with van der Waals surface area (Å²) in [6, 6.07) is 9.16. The van der Waals surface area contributed by atoms with Crippen LogP contribution < -0.4 is 9.47 Å². The van der Waals surface area contributed by atoms with Crippen molar-refractivity contribution in [2.24, 2.45) is 0 Å². The number of aliphatic hydroxyl groups is 1. The van der Waals surface area contributed by atoms with Gasteiger partial charge in [0.25, 0.3) is 0 Å². The molecule has 0 bridgehead atoms. The summed E-state index contributed by atoms with van der Waals surface area (Å²) in [7, 11) is 3.17. The molecule has 1 atom stereocenters. The van der Waals surface area contributed by atoms with Gasteiger partial charge in [-0.15, -0.1) is 0 Å². The molecular formula is C17H19ClO3. The maximum atomic E-state index is 10.7. The number of hydrogen-bond acceptors (Lipinski definition) is 3. The monoisotopic (exact) mass is 306 g/mol. The van der Waals surface area contributed by atoms with Crippen molar-refractivity contribution in [2.45, 2.75) is 20.0 Å². The van der Waals surface area contributed by atoms with Crippen LogP contribution >= 0.6 is 11.6 Å². The third-order valence-electron chi connectivity index (χ3n) is 3.53. The number of aliphatic hydroxyl groups excluding tert-OH is 1. The topological polar surface area (TPSA) is 38.7 Å². The Morgan fingerprint density at radius 2 is 1.48 bits per heavy atom. The Morgan fingerprint density at radius 1 is 0.905 bits per heavy atom. The van der Waals surface area contributed by atoms with E-state index in [-0.39, 0.29) is 0 Å². The molecule has 0 saturated carbocycles. The summed E-state index contributed by atoms with van der Waals surface area (Å²) in [4.78, 5) is 0. The highest BCUT2D eigenvalue weighted by Gasteiger charge is 2.16. The molecule has 0 fully saturated rings. The minimum Gasteiger partial charge on any atom is -0.497 e. The van der Waals surface area contributed by atoms with Gasteiger partial charge in [0, 0.05) is 11.1 Å². The lowest BCUT2D eigenvalue weighted by atomic mass is 9.95. The van der Waals surface area contributed by atoms with Crippen LogP contribution in [0.25, 0.3) is 0 Å². The summed E-state index contributed by atoms with van der Waals surface area (Å²) in [5.74, 6) is 1.29. The fourth-order valence-corrected chi connectivity index (χ4v) is 2.48. The molecule has 0 aromatic heterocycles. The molecule has 0 aliphatic heterocycles. The number of halogens is 1. The maximum Gasteiger partial charge on any atom is 0.122 e. The molecule has 1 unspecified atom stereocenters. The molecule has 0 aliphatic carbocycles. The van der Waals surface area contributed by atoms with Crippen molar-refractivity contribution in [1.29, 1.82) is 0 Å². The van der Waals surface area contributed by atoms with Gasteiger partial charge in [0.05, 0.1) is 14.2 Å². The zero-order chi connectivity index (χ0) is 15.6. The second kappa shape index (κ2) is 6.37. The third-order valence-corrected chi connectivity index (χ3v) is 3.94. The van der Waals surface area contributed by atoms with Crippen LogP contribution in [0.3, 0.4) is 0 Å². The molecule has 0 amide bonds. The SMILES string of the molecule is COc1cc(OC)cc(C(O)c2cc(C)c(Cl)cc2C)c1. The van der Waals surface area contributed by atoms with Crippen LogP contribution in [0.15, 0.2) is 30.3 Å². The molecule has 2 rings (SSSR count). The van der Waals surface area contributed by atoms with Crippen molar-refractivity contribution in [3.05, 3.63) is 57.6 Å². The summed E-state index contributed by atoms with van der Waals surface area (Å²) in [5.41, 5.74) is 3.43. The summed E-state index contributed by atoms with van der Waals surface area (Å²) in [5, 5.41) is 11.4. The summed E-state index contributed by atoms with van der Waals surface area (Å²) < 4.78 is 10.5. The second-order valence-electron chi connectivity index (χ2n) is 5.01. The first-order valence-electron chi connectivity index (χ1n) is 6.64. The van der Waals surface area contributed by atoms with Gasteiger partial charge in [0.1, 0.15) is 17.6 Å². The molecular weight excluding hydrogens is 288 g/mol. The Bertz CT molecular complexity index is 630. The average molecular weight is 307 g/mol. The summed E-state index contributed by atoms with van der Waals surface area (Å²) in [6.07, 6.45) is -0.759. The van der Waals surface area contributed by atoms with Gasteiger partial charge < -0.3 is 14.6 Å². The molecule has 21 heavy (non-hydrogen) atoms.